The number of thiophene rings is 2. The summed E-state index contributed by atoms with van der Waals surface area (Å²) in [7, 11) is 3.75. The Kier molecular flexibility index (Phi) is 8.56. The topological polar surface area (TPSA) is 65.3 Å². The van der Waals surface area contributed by atoms with Crippen LogP contribution in [0.5, 0.6) is 0 Å². The largest absolute Gasteiger partial charge is 0.478 e. The van der Waals surface area contributed by atoms with Crippen LogP contribution in [0.3, 0.4) is 0 Å². The monoisotopic (exact) mass is 711 g/mol. The lowest BCUT2D eigenvalue weighted by Gasteiger charge is -2.25. The highest BCUT2D eigenvalue weighted by molar-refractivity contribution is 7.16. The molecule has 2 heterocycles. The van der Waals surface area contributed by atoms with Crippen molar-refractivity contribution in [1.29, 1.82) is 0 Å². The Morgan fingerprint density at radius 3 is 1.73 bits per heavy atom. The zero-order valence-electron chi connectivity index (χ0n) is 26.4. The molecule has 0 saturated carbocycles. The van der Waals surface area contributed by atoms with Crippen molar-refractivity contribution in [3.63, 3.8) is 0 Å². The molecule has 2 aromatic heterocycles. The number of benzene rings is 3. The van der Waals surface area contributed by atoms with Crippen molar-refractivity contribution >= 4 is 56.9 Å². The van der Waals surface area contributed by atoms with E-state index < -0.39 is 40.4 Å². The van der Waals surface area contributed by atoms with Gasteiger partial charge in [0.15, 0.2) is 0 Å². The molecule has 0 saturated heterocycles. The van der Waals surface area contributed by atoms with Crippen molar-refractivity contribution in [3.05, 3.63) is 111 Å². The first-order chi connectivity index (χ1) is 23.0. The minimum atomic E-state index is -5.71. The van der Waals surface area contributed by atoms with Gasteiger partial charge >= 0.3 is 23.7 Å². The van der Waals surface area contributed by atoms with Crippen LogP contribution in [-0.2, 0) is 0 Å². The van der Waals surface area contributed by atoms with Gasteiger partial charge in [0.25, 0.3) is 0 Å². The number of allylic oxidation sites excluding steroid dienone is 2. The van der Waals surface area contributed by atoms with Gasteiger partial charge in [-0.1, -0.05) is 36.4 Å². The predicted octanol–water partition coefficient (Wildman–Crippen LogP) is 11.8. The van der Waals surface area contributed by atoms with E-state index in [-0.39, 0.29) is 37.0 Å². The summed E-state index contributed by atoms with van der Waals surface area (Å²) < 4.78 is 92.8. The first kappa shape index (κ1) is 34.1. The molecule has 0 bridgehead atoms. The zero-order valence-corrected chi connectivity index (χ0v) is 28.0. The summed E-state index contributed by atoms with van der Waals surface area (Å²) in [6.45, 7) is 2.80. The molecule has 0 aliphatic heterocycles. The number of nitrogens with zero attached hydrogens (tertiary/aromatic N) is 3. The highest BCUT2D eigenvalue weighted by Crippen LogP contribution is 2.66. The molecule has 49 heavy (non-hydrogen) atoms. The van der Waals surface area contributed by atoms with Gasteiger partial charge in [-0.15, -0.1) is 27.8 Å². The van der Waals surface area contributed by atoms with Crippen LogP contribution in [0, 0.1) is 13.8 Å². The Morgan fingerprint density at radius 2 is 1.22 bits per heavy atom. The average molecular weight is 712 g/mol. The summed E-state index contributed by atoms with van der Waals surface area (Å²) in [5, 5.41) is 18.1. The van der Waals surface area contributed by atoms with E-state index in [0.29, 0.717) is 16.1 Å². The molecule has 0 spiro atoms. The lowest BCUT2D eigenvalue weighted by Crippen LogP contribution is -2.48. The highest BCUT2D eigenvalue weighted by Gasteiger charge is 2.80. The molecule has 252 valence electrons. The third-order valence-electron chi connectivity index (χ3n) is 8.25. The van der Waals surface area contributed by atoms with Gasteiger partial charge in [-0.2, -0.15) is 31.5 Å². The molecule has 5 aromatic rings. The van der Waals surface area contributed by atoms with E-state index in [9.17, 15) is 9.90 Å². The van der Waals surface area contributed by atoms with Gasteiger partial charge in [0.1, 0.15) is 5.69 Å². The summed E-state index contributed by atoms with van der Waals surface area (Å²) in [6, 6.07) is 22.1. The number of carboxylic acids is 1. The molecular weight excluding hydrogens is 685 g/mol. The van der Waals surface area contributed by atoms with Gasteiger partial charge in [-0.05, 0) is 84.6 Å². The summed E-state index contributed by atoms with van der Waals surface area (Å²) in [6.07, 6.45) is 0. The first-order valence-electron chi connectivity index (χ1n) is 14.8. The molecule has 13 heteroatoms. The van der Waals surface area contributed by atoms with Crippen molar-refractivity contribution in [1.82, 2.24) is 0 Å². The van der Waals surface area contributed by atoms with E-state index in [2.05, 4.69) is 10.2 Å². The normalized spacial score (nSPS) is 16.4. The van der Waals surface area contributed by atoms with E-state index in [0.717, 1.165) is 34.4 Å². The van der Waals surface area contributed by atoms with Crippen LogP contribution in [-0.4, -0.2) is 42.9 Å². The molecule has 1 aliphatic carbocycles. The number of azo groups is 1. The number of hydrogen-bond donors (Lipinski definition) is 1. The standard InChI is InChI=1S/C36H27F6N3O2S2/c1-19-25(17-29(48-19)21-8-6-5-7-9-21)31-32(35(39,40)36(41,42)34(31,37)38)26-18-30(49-20(26)2)22-10-15-28(27(16-22)33(46)47)44-43-23-11-13-24(14-12-23)45(3)4/h5-18H,1-4H3,(H,46,47). The van der Waals surface area contributed by atoms with Crippen molar-refractivity contribution in [2.75, 3.05) is 19.0 Å². The van der Waals surface area contributed by atoms with E-state index in [4.69, 9.17) is 0 Å². The van der Waals surface area contributed by atoms with E-state index in [1.54, 1.807) is 42.5 Å². The van der Waals surface area contributed by atoms with Crippen molar-refractivity contribution in [3.8, 4) is 20.9 Å². The molecule has 3 aromatic carbocycles. The number of alkyl halides is 6. The van der Waals surface area contributed by atoms with Crippen molar-refractivity contribution in [2.24, 2.45) is 10.2 Å². The Bertz CT molecular complexity index is 2140. The molecule has 0 atom stereocenters. The molecule has 5 nitrogen and oxygen atoms in total. The molecule has 0 amide bonds. The highest BCUT2D eigenvalue weighted by atomic mass is 32.1. The summed E-state index contributed by atoms with van der Waals surface area (Å²) in [4.78, 5) is 15.0. The number of hydrogen-bond acceptors (Lipinski definition) is 6. The van der Waals surface area contributed by atoms with Gasteiger partial charge in [-0.3, -0.25) is 0 Å². The minimum Gasteiger partial charge on any atom is -0.478 e. The van der Waals surface area contributed by atoms with Crippen LogP contribution < -0.4 is 4.90 Å². The maximum atomic E-state index is 15.7. The van der Waals surface area contributed by atoms with E-state index in [1.807, 2.05) is 31.1 Å². The Morgan fingerprint density at radius 1 is 0.694 bits per heavy atom. The predicted molar refractivity (Wildman–Crippen MR) is 183 cm³/mol. The summed E-state index contributed by atoms with van der Waals surface area (Å²) >= 11 is 1.93. The number of rotatable bonds is 8. The van der Waals surface area contributed by atoms with Crippen LogP contribution in [0.15, 0.2) is 95.2 Å². The smallest absolute Gasteiger partial charge is 0.380 e. The van der Waals surface area contributed by atoms with Crippen molar-refractivity contribution in [2.45, 2.75) is 31.6 Å². The molecule has 1 aliphatic rings. The molecule has 0 unspecified atom stereocenters. The fraction of sp³-hybridized carbons (Fsp3) is 0.194. The zero-order chi connectivity index (χ0) is 35.5. The summed E-state index contributed by atoms with van der Waals surface area (Å²) in [5.41, 5.74) is -1.72. The minimum absolute atomic E-state index is 0.00944. The second-order valence-corrected chi connectivity index (χ2v) is 14.2. The SMILES string of the molecule is Cc1sc(-c2ccccc2)cc1C1=C(c2cc(-c3ccc(N=Nc4ccc(N(C)C)cc4)c(C(=O)O)c3)sc2C)C(F)(F)C(F)(F)C1(F)F. The maximum Gasteiger partial charge on any atom is 0.380 e. The second-order valence-electron chi connectivity index (χ2n) is 11.6. The molecule has 0 fully saturated rings. The van der Waals surface area contributed by atoms with Crippen LogP contribution in [0.1, 0.15) is 31.2 Å². The van der Waals surface area contributed by atoms with Crippen LogP contribution in [0.4, 0.5) is 43.4 Å². The summed E-state index contributed by atoms with van der Waals surface area (Å²) in [5.74, 6) is -17.5. The van der Waals surface area contributed by atoms with Crippen LogP contribution in [0.25, 0.3) is 32.0 Å². The van der Waals surface area contributed by atoms with Gasteiger partial charge in [0.2, 0.25) is 0 Å². The lowest BCUT2D eigenvalue weighted by atomic mass is 9.94. The lowest BCUT2D eigenvalue weighted by molar-refractivity contribution is -0.254. The Hall–Kier alpha value is -4.75. The number of aryl methyl sites for hydroxylation is 2. The van der Waals surface area contributed by atoms with Crippen LogP contribution >= 0.6 is 22.7 Å². The molecule has 1 N–H and O–H groups in total. The Balaban J connectivity index is 1.45. The van der Waals surface area contributed by atoms with E-state index in [1.165, 1.54) is 38.1 Å². The molecular formula is C36H27F6N3O2S2. The molecule has 0 radical (unpaired) electrons. The van der Waals surface area contributed by atoms with E-state index >= 15 is 26.3 Å². The van der Waals surface area contributed by atoms with Crippen molar-refractivity contribution < 1.29 is 36.2 Å². The Labute approximate surface area is 285 Å². The van der Waals surface area contributed by atoms with Gasteiger partial charge in [0, 0.05) is 50.4 Å². The second kappa shape index (κ2) is 12.3. The first-order valence-corrected chi connectivity index (χ1v) is 16.4. The third-order valence-corrected chi connectivity index (χ3v) is 10.4. The number of halogens is 6. The molecule has 6 rings (SSSR count). The number of carboxylic acid groups (broad SMARTS) is 1. The van der Waals surface area contributed by atoms with Crippen LogP contribution in [0.2, 0.25) is 0 Å². The average Bonchev–Trinajstić information content (AvgIpc) is 3.66. The third kappa shape index (κ3) is 5.74. The number of carbonyl (C=O) groups is 1. The number of aromatic carboxylic acids is 1. The van der Waals surface area contributed by atoms with Gasteiger partial charge < -0.3 is 10.0 Å². The number of anilines is 1. The quantitative estimate of drug-likeness (QED) is 0.129. The fourth-order valence-corrected chi connectivity index (χ4v) is 7.71. The van der Waals surface area contributed by atoms with Gasteiger partial charge in [-0.25, -0.2) is 4.79 Å². The van der Waals surface area contributed by atoms with Gasteiger partial charge in [0.05, 0.1) is 11.3 Å². The maximum absolute atomic E-state index is 15.7. The fourth-order valence-electron chi connectivity index (χ4n) is 5.66.